The Balaban J connectivity index is 3.06. The second-order valence-electron chi connectivity index (χ2n) is 8.50. The Labute approximate surface area is 193 Å². The van der Waals surface area contributed by atoms with Crippen LogP contribution in [0.4, 0.5) is 15.8 Å². The fraction of sp³-hybridized carbons (Fsp3) is 0.720. The lowest BCUT2D eigenvalue weighted by atomic mass is 10.1. The molecule has 0 aliphatic heterocycles. The van der Waals surface area contributed by atoms with Gasteiger partial charge in [-0.3, -0.25) is 14.9 Å². The Kier molecular flexibility index (Phi) is 14.3. The first kappa shape index (κ1) is 27.9. The molecule has 1 aromatic rings. The van der Waals surface area contributed by atoms with E-state index in [1.807, 2.05) is 4.90 Å². The Morgan fingerprint density at radius 3 is 1.94 bits per heavy atom. The Morgan fingerprint density at radius 1 is 0.906 bits per heavy atom. The van der Waals surface area contributed by atoms with Crippen molar-refractivity contribution in [2.24, 2.45) is 0 Å². The van der Waals surface area contributed by atoms with Gasteiger partial charge in [0.05, 0.1) is 16.7 Å². The van der Waals surface area contributed by atoms with Crippen molar-refractivity contribution in [1.29, 1.82) is 0 Å². The van der Waals surface area contributed by atoms with Crippen LogP contribution in [0.25, 0.3) is 0 Å². The molecule has 0 heterocycles. The topological polar surface area (TPSA) is 75.5 Å². The molecule has 1 aromatic carbocycles. The lowest BCUT2D eigenvalue weighted by Crippen LogP contribution is -2.29. The normalized spacial score (nSPS) is 10.9. The van der Waals surface area contributed by atoms with Crippen molar-refractivity contribution in [2.75, 3.05) is 24.5 Å². The minimum Gasteiger partial charge on any atom is -0.369 e. The van der Waals surface area contributed by atoms with E-state index in [1.165, 1.54) is 6.07 Å². The molecule has 1 rings (SSSR count). The summed E-state index contributed by atoms with van der Waals surface area (Å²) in [5.41, 5.74) is -0.247. The average Bonchev–Trinajstić information content (AvgIpc) is 2.77. The molecule has 0 atom stereocenters. The Bertz CT molecular complexity index is 685. The van der Waals surface area contributed by atoms with Crippen molar-refractivity contribution >= 4 is 17.3 Å². The molecule has 0 aliphatic rings. The summed E-state index contributed by atoms with van der Waals surface area (Å²) in [5.74, 6) is -1.14. The highest BCUT2D eigenvalue weighted by atomic mass is 19.1. The smallest absolute Gasteiger partial charge is 0.285 e. The van der Waals surface area contributed by atoms with E-state index in [-0.39, 0.29) is 5.56 Å². The molecule has 0 aromatic heterocycles. The van der Waals surface area contributed by atoms with Gasteiger partial charge < -0.3 is 10.2 Å². The van der Waals surface area contributed by atoms with Gasteiger partial charge in [0.2, 0.25) is 0 Å². The fourth-order valence-corrected chi connectivity index (χ4v) is 3.79. The van der Waals surface area contributed by atoms with Crippen molar-refractivity contribution in [3.8, 4) is 0 Å². The molecular formula is C25H42FN3O3. The van der Waals surface area contributed by atoms with Gasteiger partial charge in [0, 0.05) is 19.6 Å². The van der Waals surface area contributed by atoms with E-state index in [1.54, 1.807) is 0 Å². The molecule has 32 heavy (non-hydrogen) atoms. The predicted molar refractivity (Wildman–Crippen MR) is 130 cm³/mol. The number of unbranched alkanes of at least 4 members (excludes halogenated alkanes) is 9. The molecule has 0 spiro atoms. The number of hydrogen-bond donors (Lipinski definition) is 1. The maximum absolute atomic E-state index is 15.0. The maximum atomic E-state index is 15.0. The number of nitro groups is 1. The SMILES string of the molecule is CCCCCCNC(=O)c1cc(N(CCCCCC)CCCCCC)c(F)cc1[N+](=O)[O-]. The first-order chi connectivity index (χ1) is 15.5. The summed E-state index contributed by atoms with van der Waals surface area (Å²) in [7, 11) is 0. The van der Waals surface area contributed by atoms with Crippen LogP contribution in [0.15, 0.2) is 12.1 Å². The second-order valence-corrected chi connectivity index (χ2v) is 8.50. The van der Waals surface area contributed by atoms with Gasteiger partial charge in [0.1, 0.15) is 5.56 Å². The van der Waals surface area contributed by atoms with Gasteiger partial charge >= 0.3 is 0 Å². The van der Waals surface area contributed by atoms with Crippen LogP contribution in [0.3, 0.4) is 0 Å². The zero-order chi connectivity index (χ0) is 23.8. The van der Waals surface area contributed by atoms with Gasteiger partial charge in [0.15, 0.2) is 5.82 Å². The molecule has 182 valence electrons. The number of amides is 1. The highest BCUT2D eigenvalue weighted by Gasteiger charge is 2.25. The minimum absolute atomic E-state index is 0.0611. The third-order valence-electron chi connectivity index (χ3n) is 5.73. The fourth-order valence-electron chi connectivity index (χ4n) is 3.79. The molecule has 0 radical (unpaired) electrons. The van der Waals surface area contributed by atoms with Crippen molar-refractivity contribution in [3.05, 3.63) is 33.6 Å². The van der Waals surface area contributed by atoms with Crippen LogP contribution < -0.4 is 10.2 Å². The minimum atomic E-state index is -0.675. The predicted octanol–water partition coefficient (Wildman–Crippen LogP) is 7.01. The summed E-state index contributed by atoms with van der Waals surface area (Å²) >= 11 is 0. The largest absolute Gasteiger partial charge is 0.369 e. The molecule has 1 amide bonds. The number of anilines is 1. The van der Waals surface area contributed by atoms with E-state index < -0.39 is 22.3 Å². The highest BCUT2D eigenvalue weighted by Crippen LogP contribution is 2.29. The quantitative estimate of drug-likeness (QED) is 0.148. The Hall–Kier alpha value is -2.18. The number of rotatable bonds is 18. The summed E-state index contributed by atoms with van der Waals surface area (Å²) in [6, 6.07) is 2.29. The zero-order valence-corrected chi connectivity index (χ0v) is 20.3. The number of benzene rings is 1. The summed E-state index contributed by atoms with van der Waals surface area (Å²) in [6.45, 7) is 8.22. The first-order valence-corrected chi connectivity index (χ1v) is 12.5. The molecule has 0 bridgehead atoms. The molecule has 0 aliphatic carbocycles. The van der Waals surface area contributed by atoms with Gasteiger partial charge in [-0.05, 0) is 25.3 Å². The van der Waals surface area contributed by atoms with Crippen LogP contribution in [0.1, 0.15) is 108 Å². The Morgan fingerprint density at radius 2 is 1.44 bits per heavy atom. The third kappa shape index (κ3) is 9.96. The monoisotopic (exact) mass is 451 g/mol. The van der Waals surface area contributed by atoms with Crippen LogP contribution in [-0.4, -0.2) is 30.5 Å². The highest BCUT2D eigenvalue weighted by molar-refractivity contribution is 5.99. The van der Waals surface area contributed by atoms with Crippen LogP contribution in [0, 0.1) is 15.9 Å². The molecule has 0 saturated heterocycles. The van der Waals surface area contributed by atoms with E-state index in [4.69, 9.17) is 0 Å². The first-order valence-electron chi connectivity index (χ1n) is 12.5. The summed E-state index contributed by atoms with van der Waals surface area (Å²) in [6.07, 6.45) is 12.4. The van der Waals surface area contributed by atoms with Gasteiger partial charge in [-0.2, -0.15) is 0 Å². The number of hydrogen-bond acceptors (Lipinski definition) is 4. The molecule has 7 heteroatoms. The molecule has 0 unspecified atom stereocenters. The van der Waals surface area contributed by atoms with E-state index in [0.29, 0.717) is 25.3 Å². The molecule has 1 N–H and O–H groups in total. The molecule has 0 fully saturated rings. The standard InChI is InChI=1S/C25H42FN3O3/c1-4-7-10-13-16-27-25(30)21-19-24(22(26)20-23(21)29(31)32)28(17-14-11-8-5-2)18-15-12-9-6-3/h19-20H,4-18H2,1-3H3,(H,27,30). The van der Waals surface area contributed by atoms with Crippen LogP contribution in [0.2, 0.25) is 0 Å². The summed E-state index contributed by atoms with van der Waals surface area (Å²) in [4.78, 5) is 25.5. The number of nitrogens with zero attached hydrogens (tertiary/aromatic N) is 2. The molecule has 6 nitrogen and oxygen atoms in total. The average molecular weight is 452 g/mol. The van der Waals surface area contributed by atoms with Gasteiger partial charge in [-0.1, -0.05) is 78.6 Å². The van der Waals surface area contributed by atoms with Crippen molar-refractivity contribution in [2.45, 2.75) is 97.8 Å². The van der Waals surface area contributed by atoms with Crippen LogP contribution in [-0.2, 0) is 0 Å². The van der Waals surface area contributed by atoms with Crippen LogP contribution in [0.5, 0.6) is 0 Å². The van der Waals surface area contributed by atoms with Crippen molar-refractivity contribution < 1.29 is 14.1 Å². The number of carbonyl (C=O) groups is 1. The maximum Gasteiger partial charge on any atom is 0.285 e. The summed E-state index contributed by atoms with van der Waals surface area (Å²) in [5, 5.41) is 14.3. The number of nitro benzene ring substituents is 1. The van der Waals surface area contributed by atoms with Crippen molar-refractivity contribution in [3.63, 3.8) is 0 Å². The van der Waals surface area contributed by atoms with Gasteiger partial charge in [-0.15, -0.1) is 0 Å². The molecular weight excluding hydrogens is 409 g/mol. The van der Waals surface area contributed by atoms with E-state index in [0.717, 1.165) is 83.1 Å². The van der Waals surface area contributed by atoms with E-state index in [2.05, 4.69) is 26.1 Å². The number of carbonyl (C=O) groups excluding carboxylic acids is 1. The van der Waals surface area contributed by atoms with E-state index in [9.17, 15) is 19.3 Å². The van der Waals surface area contributed by atoms with E-state index >= 15 is 0 Å². The van der Waals surface area contributed by atoms with Gasteiger partial charge in [-0.25, -0.2) is 4.39 Å². The third-order valence-corrected chi connectivity index (χ3v) is 5.73. The van der Waals surface area contributed by atoms with Crippen LogP contribution >= 0.6 is 0 Å². The number of halogens is 1. The second kappa shape index (κ2) is 16.5. The lowest BCUT2D eigenvalue weighted by molar-refractivity contribution is -0.385. The lowest BCUT2D eigenvalue weighted by Gasteiger charge is -2.26. The number of nitrogens with one attached hydrogen (secondary N) is 1. The summed E-state index contributed by atoms with van der Waals surface area (Å²) < 4.78 is 15.0. The zero-order valence-electron chi connectivity index (χ0n) is 20.3. The van der Waals surface area contributed by atoms with Gasteiger partial charge in [0.25, 0.3) is 11.6 Å². The molecule has 0 saturated carbocycles. The van der Waals surface area contributed by atoms with Crippen molar-refractivity contribution in [1.82, 2.24) is 5.32 Å².